The molecule has 0 aromatic heterocycles. The van der Waals surface area contributed by atoms with E-state index in [1.165, 1.54) is 0 Å². The van der Waals surface area contributed by atoms with Crippen molar-refractivity contribution in [3.05, 3.63) is 0 Å². The van der Waals surface area contributed by atoms with Crippen molar-refractivity contribution in [2.24, 2.45) is 11.7 Å². The molecule has 0 aromatic rings. The van der Waals surface area contributed by atoms with Crippen LogP contribution >= 0.6 is 0 Å². The fraction of sp³-hybridized carbons (Fsp3) is 0.875. The number of hydrogen-bond donors (Lipinski definition) is 1. The Morgan fingerprint density at radius 1 is 1.70 bits per heavy atom. The minimum atomic E-state index is -0.139. The summed E-state index contributed by atoms with van der Waals surface area (Å²) in [6, 6.07) is -0.139. The van der Waals surface area contributed by atoms with Crippen LogP contribution in [0, 0.1) is 5.92 Å². The highest BCUT2D eigenvalue weighted by Crippen LogP contribution is 2.32. The molecule has 2 nitrogen and oxygen atoms in total. The molecule has 1 unspecified atom stereocenters. The van der Waals surface area contributed by atoms with E-state index in [1.807, 2.05) is 6.92 Å². The summed E-state index contributed by atoms with van der Waals surface area (Å²) in [5, 5.41) is 0. The molecular formula is C8H15NO. The van der Waals surface area contributed by atoms with E-state index in [2.05, 4.69) is 0 Å². The molecule has 2 N–H and O–H groups in total. The Morgan fingerprint density at radius 3 is 2.70 bits per heavy atom. The molecular weight excluding hydrogens is 126 g/mol. The summed E-state index contributed by atoms with van der Waals surface area (Å²) in [5.41, 5.74) is 5.66. The zero-order chi connectivity index (χ0) is 7.56. The highest BCUT2D eigenvalue weighted by Gasteiger charge is 2.32. The molecule has 1 saturated carbocycles. The maximum atomic E-state index is 11.1. The van der Waals surface area contributed by atoms with Gasteiger partial charge < -0.3 is 5.73 Å². The van der Waals surface area contributed by atoms with E-state index in [0.29, 0.717) is 12.3 Å². The van der Waals surface area contributed by atoms with Crippen LogP contribution in [0.25, 0.3) is 0 Å². The molecule has 2 heteroatoms. The summed E-state index contributed by atoms with van der Waals surface area (Å²) in [5.74, 6) is 0.782. The number of Topliss-reactive ketones (excluding diaryl/α,β-unsaturated/α-hetero) is 1. The van der Waals surface area contributed by atoms with Crippen LogP contribution in [0.1, 0.15) is 32.6 Å². The zero-order valence-corrected chi connectivity index (χ0v) is 6.47. The van der Waals surface area contributed by atoms with Gasteiger partial charge in [-0.1, -0.05) is 6.92 Å². The number of ketones is 1. The minimum Gasteiger partial charge on any atom is -0.321 e. The lowest BCUT2D eigenvalue weighted by Gasteiger charge is -2.06. The second kappa shape index (κ2) is 3.15. The largest absolute Gasteiger partial charge is 0.321 e. The van der Waals surface area contributed by atoms with Gasteiger partial charge in [0, 0.05) is 6.42 Å². The number of rotatable bonds is 4. The normalized spacial score (nSPS) is 20.6. The predicted molar refractivity (Wildman–Crippen MR) is 40.6 cm³/mol. The van der Waals surface area contributed by atoms with Crippen LogP contribution in [-0.4, -0.2) is 11.8 Å². The van der Waals surface area contributed by atoms with Crippen molar-refractivity contribution in [2.45, 2.75) is 38.6 Å². The second-order valence-electron chi connectivity index (χ2n) is 3.08. The lowest BCUT2D eigenvalue weighted by Crippen LogP contribution is -2.32. The van der Waals surface area contributed by atoms with Crippen molar-refractivity contribution in [1.29, 1.82) is 0 Å². The fourth-order valence-corrected chi connectivity index (χ4v) is 1.13. The minimum absolute atomic E-state index is 0.139. The Hall–Kier alpha value is -0.370. The molecule has 0 aromatic carbocycles. The van der Waals surface area contributed by atoms with Gasteiger partial charge in [0.15, 0.2) is 0 Å². The van der Waals surface area contributed by atoms with Crippen LogP contribution in [0.5, 0.6) is 0 Å². The monoisotopic (exact) mass is 141 g/mol. The summed E-state index contributed by atoms with van der Waals surface area (Å²) in [6.45, 7) is 2.01. The fourth-order valence-electron chi connectivity index (χ4n) is 1.13. The number of hydrogen-bond acceptors (Lipinski definition) is 2. The molecule has 0 heterocycles. The van der Waals surface area contributed by atoms with E-state index in [1.54, 1.807) is 0 Å². The molecule has 0 radical (unpaired) electrons. The summed E-state index contributed by atoms with van der Waals surface area (Å²) < 4.78 is 0. The van der Waals surface area contributed by atoms with Crippen LogP contribution < -0.4 is 5.73 Å². The first-order valence-electron chi connectivity index (χ1n) is 4.04. The van der Waals surface area contributed by atoms with Crippen molar-refractivity contribution in [2.75, 3.05) is 0 Å². The molecule has 0 saturated heterocycles. The molecule has 1 rings (SSSR count). The Balaban J connectivity index is 2.24. The first kappa shape index (κ1) is 7.73. The van der Waals surface area contributed by atoms with Crippen molar-refractivity contribution in [3.63, 3.8) is 0 Å². The molecule has 0 spiro atoms. The van der Waals surface area contributed by atoms with Crippen molar-refractivity contribution in [3.8, 4) is 0 Å². The maximum Gasteiger partial charge on any atom is 0.149 e. The van der Waals surface area contributed by atoms with Gasteiger partial charge in [0.05, 0.1) is 6.04 Å². The summed E-state index contributed by atoms with van der Waals surface area (Å²) >= 11 is 0. The molecule has 0 aliphatic heterocycles. The Bertz CT molecular complexity index is 129. The Kier molecular flexibility index (Phi) is 2.44. The highest BCUT2D eigenvalue weighted by molar-refractivity contribution is 5.84. The number of carbonyl (C=O) groups excluding carboxylic acids is 1. The molecule has 0 bridgehead atoms. The zero-order valence-electron chi connectivity index (χ0n) is 6.47. The van der Waals surface area contributed by atoms with E-state index in [9.17, 15) is 4.79 Å². The molecule has 1 atom stereocenters. The van der Waals surface area contributed by atoms with Crippen molar-refractivity contribution >= 4 is 5.78 Å². The first-order chi connectivity index (χ1) is 4.75. The van der Waals surface area contributed by atoms with Gasteiger partial charge in [-0.15, -0.1) is 0 Å². The van der Waals surface area contributed by atoms with E-state index >= 15 is 0 Å². The molecule has 10 heavy (non-hydrogen) atoms. The van der Waals surface area contributed by atoms with E-state index in [4.69, 9.17) is 5.73 Å². The highest BCUT2D eigenvalue weighted by atomic mass is 16.1. The SMILES string of the molecule is CCCC(=O)C(N)C1CC1. The van der Waals surface area contributed by atoms with E-state index < -0.39 is 0 Å². The Morgan fingerprint density at radius 2 is 2.30 bits per heavy atom. The molecule has 1 aliphatic carbocycles. The molecule has 58 valence electrons. The van der Waals surface area contributed by atoms with Crippen LogP contribution in [0.2, 0.25) is 0 Å². The van der Waals surface area contributed by atoms with Gasteiger partial charge in [0.2, 0.25) is 0 Å². The van der Waals surface area contributed by atoms with Crippen LogP contribution in [0.4, 0.5) is 0 Å². The van der Waals surface area contributed by atoms with Crippen LogP contribution in [-0.2, 0) is 4.79 Å². The average molecular weight is 141 g/mol. The van der Waals surface area contributed by atoms with Crippen LogP contribution in [0.3, 0.4) is 0 Å². The van der Waals surface area contributed by atoms with E-state index in [-0.39, 0.29) is 11.8 Å². The third kappa shape index (κ3) is 1.81. The molecule has 0 amide bonds. The lowest BCUT2D eigenvalue weighted by molar-refractivity contribution is -0.120. The summed E-state index contributed by atoms with van der Waals surface area (Å²) in [7, 11) is 0. The van der Waals surface area contributed by atoms with Crippen molar-refractivity contribution in [1.82, 2.24) is 0 Å². The average Bonchev–Trinajstić information content (AvgIpc) is 2.68. The van der Waals surface area contributed by atoms with Crippen molar-refractivity contribution < 1.29 is 4.79 Å². The summed E-state index contributed by atoms with van der Waals surface area (Å²) in [4.78, 5) is 11.1. The van der Waals surface area contributed by atoms with Gasteiger partial charge in [0.25, 0.3) is 0 Å². The second-order valence-corrected chi connectivity index (χ2v) is 3.08. The van der Waals surface area contributed by atoms with Gasteiger partial charge in [-0.2, -0.15) is 0 Å². The van der Waals surface area contributed by atoms with Gasteiger partial charge >= 0.3 is 0 Å². The van der Waals surface area contributed by atoms with E-state index in [0.717, 1.165) is 19.3 Å². The van der Waals surface area contributed by atoms with Gasteiger partial charge in [-0.3, -0.25) is 4.79 Å². The standard InChI is InChI=1S/C8H15NO/c1-2-3-7(10)8(9)6-4-5-6/h6,8H,2-5,9H2,1H3. The molecule has 1 aliphatic rings. The molecule has 1 fully saturated rings. The third-order valence-electron chi connectivity index (χ3n) is 2.00. The number of carbonyl (C=O) groups is 1. The van der Waals surface area contributed by atoms with Crippen LogP contribution in [0.15, 0.2) is 0 Å². The van der Waals surface area contributed by atoms with Gasteiger partial charge in [-0.05, 0) is 25.2 Å². The summed E-state index contributed by atoms with van der Waals surface area (Å²) in [6.07, 6.45) is 3.92. The number of nitrogens with two attached hydrogens (primary N) is 1. The van der Waals surface area contributed by atoms with Gasteiger partial charge in [-0.25, -0.2) is 0 Å². The lowest BCUT2D eigenvalue weighted by atomic mass is 10.1. The predicted octanol–water partition coefficient (Wildman–Crippen LogP) is 1.09. The van der Waals surface area contributed by atoms with Gasteiger partial charge in [0.1, 0.15) is 5.78 Å². The smallest absolute Gasteiger partial charge is 0.149 e. The first-order valence-corrected chi connectivity index (χ1v) is 4.04. The quantitative estimate of drug-likeness (QED) is 0.637. The Labute approximate surface area is 61.8 Å². The topological polar surface area (TPSA) is 43.1 Å². The third-order valence-corrected chi connectivity index (χ3v) is 2.00. The maximum absolute atomic E-state index is 11.1.